The summed E-state index contributed by atoms with van der Waals surface area (Å²) >= 11 is 1.64. The minimum Gasteiger partial charge on any atom is -0.395 e. The van der Waals surface area contributed by atoms with Crippen molar-refractivity contribution in [3.05, 3.63) is 17.3 Å². The highest BCUT2D eigenvalue weighted by Gasteiger charge is 2.29. The Hall–Kier alpha value is -1.24. The van der Waals surface area contributed by atoms with Gasteiger partial charge in [-0.25, -0.2) is 9.97 Å². The Kier molecular flexibility index (Phi) is 3.63. The smallest absolute Gasteiger partial charge is 0.146 e. The molecular weight excluding hydrogens is 260 g/mol. The molecule has 0 spiro atoms. The van der Waals surface area contributed by atoms with Gasteiger partial charge in [0.15, 0.2) is 0 Å². The van der Waals surface area contributed by atoms with Crippen molar-refractivity contribution in [3.8, 4) is 0 Å². The predicted octanol–water partition coefficient (Wildman–Crippen LogP) is 1.69. The number of nitrogens with one attached hydrogen (secondary N) is 1. The lowest BCUT2D eigenvalue weighted by Gasteiger charge is -2.20. The molecule has 0 bridgehead atoms. The predicted molar refractivity (Wildman–Crippen MR) is 77.5 cm³/mol. The van der Waals surface area contributed by atoms with Crippen LogP contribution in [0, 0.1) is 0 Å². The van der Waals surface area contributed by atoms with Crippen molar-refractivity contribution in [2.75, 3.05) is 25.5 Å². The topological polar surface area (TPSA) is 61.3 Å². The van der Waals surface area contributed by atoms with Gasteiger partial charge in [0.1, 0.15) is 16.5 Å². The van der Waals surface area contributed by atoms with E-state index in [0.29, 0.717) is 19.1 Å². The molecular formula is C13H18N4OS. The quantitative estimate of drug-likeness (QED) is 0.842. The van der Waals surface area contributed by atoms with Gasteiger partial charge in [0.25, 0.3) is 0 Å². The van der Waals surface area contributed by atoms with E-state index in [1.54, 1.807) is 11.3 Å². The second-order valence-electron chi connectivity index (χ2n) is 4.80. The van der Waals surface area contributed by atoms with Crippen LogP contribution in [0.5, 0.6) is 0 Å². The first kappa shape index (κ1) is 12.8. The second kappa shape index (κ2) is 5.40. The first-order valence-corrected chi connectivity index (χ1v) is 7.46. The van der Waals surface area contributed by atoms with Gasteiger partial charge in [-0.3, -0.25) is 4.90 Å². The Bertz CT molecular complexity index is 567. The van der Waals surface area contributed by atoms with Crippen LogP contribution in [0.25, 0.3) is 10.2 Å². The molecule has 1 aliphatic rings. The molecule has 2 aromatic heterocycles. The summed E-state index contributed by atoms with van der Waals surface area (Å²) < 4.78 is 0. The zero-order valence-electron chi connectivity index (χ0n) is 11.0. The largest absolute Gasteiger partial charge is 0.395 e. The normalized spacial score (nSPS) is 15.3. The van der Waals surface area contributed by atoms with Crippen LogP contribution in [0.15, 0.2) is 11.4 Å². The Morgan fingerprint density at radius 3 is 3.00 bits per heavy atom. The van der Waals surface area contributed by atoms with Gasteiger partial charge in [-0.1, -0.05) is 0 Å². The van der Waals surface area contributed by atoms with Crippen LogP contribution < -0.4 is 5.32 Å². The van der Waals surface area contributed by atoms with Crippen molar-refractivity contribution in [2.45, 2.75) is 25.4 Å². The third-order valence-corrected chi connectivity index (χ3v) is 4.21. The van der Waals surface area contributed by atoms with Crippen LogP contribution in [-0.4, -0.2) is 46.2 Å². The summed E-state index contributed by atoms with van der Waals surface area (Å²) in [7, 11) is 1.88. The van der Waals surface area contributed by atoms with E-state index in [-0.39, 0.29) is 6.61 Å². The number of aromatic nitrogens is 2. The third kappa shape index (κ3) is 2.70. The summed E-state index contributed by atoms with van der Waals surface area (Å²) in [6.07, 6.45) is 2.44. The molecule has 2 N–H and O–H groups in total. The molecule has 0 radical (unpaired) electrons. The van der Waals surface area contributed by atoms with Crippen LogP contribution in [0.1, 0.15) is 18.7 Å². The van der Waals surface area contributed by atoms with Crippen LogP contribution in [-0.2, 0) is 6.54 Å². The molecule has 0 saturated heterocycles. The first-order chi connectivity index (χ1) is 9.31. The number of anilines is 1. The molecule has 2 heterocycles. The Balaban J connectivity index is 1.86. The molecule has 1 aliphatic carbocycles. The fourth-order valence-electron chi connectivity index (χ4n) is 2.30. The summed E-state index contributed by atoms with van der Waals surface area (Å²) in [4.78, 5) is 12.5. The fourth-order valence-corrected chi connectivity index (χ4v) is 3.08. The van der Waals surface area contributed by atoms with E-state index in [2.05, 4.69) is 20.2 Å². The third-order valence-electron chi connectivity index (χ3n) is 3.40. The lowest BCUT2D eigenvalue weighted by atomic mass is 10.3. The number of nitrogens with zero attached hydrogens (tertiary/aromatic N) is 3. The molecule has 6 heteroatoms. The maximum atomic E-state index is 9.14. The molecule has 0 amide bonds. The summed E-state index contributed by atoms with van der Waals surface area (Å²) in [6, 6.07) is 2.65. The maximum Gasteiger partial charge on any atom is 0.146 e. The second-order valence-corrected chi connectivity index (χ2v) is 5.70. The Morgan fingerprint density at radius 2 is 2.32 bits per heavy atom. The van der Waals surface area contributed by atoms with Crippen molar-refractivity contribution >= 4 is 27.4 Å². The summed E-state index contributed by atoms with van der Waals surface area (Å²) in [6.45, 7) is 1.61. The van der Waals surface area contributed by atoms with Crippen LogP contribution in [0.3, 0.4) is 0 Å². The van der Waals surface area contributed by atoms with Gasteiger partial charge in [0.05, 0.1) is 18.5 Å². The van der Waals surface area contributed by atoms with Gasteiger partial charge in [-0.15, -0.1) is 11.3 Å². The number of aliphatic hydroxyl groups excluding tert-OH is 1. The zero-order valence-corrected chi connectivity index (χ0v) is 11.8. The highest BCUT2D eigenvalue weighted by molar-refractivity contribution is 7.16. The Labute approximate surface area is 116 Å². The van der Waals surface area contributed by atoms with E-state index < -0.39 is 0 Å². The van der Waals surface area contributed by atoms with Crippen molar-refractivity contribution in [2.24, 2.45) is 0 Å². The molecule has 2 aromatic rings. The highest BCUT2D eigenvalue weighted by Crippen LogP contribution is 2.29. The minimum absolute atomic E-state index is 0.191. The van der Waals surface area contributed by atoms with E-state index in [9.17, 15) is 0 Å². The Morgan fingerprint density at radius 1 is 1.47 bits per heavy atom. The van der Waals surface area contributed by atoms with Gasteiger partial charge in [-0.05, 0) is 24.3 Å². The summed E-state index contributed by atoms with van der Waals surface area (Å²) in [5, 5.41) is 15.4. The van der Waals surface area contributed by atoms with Crippen molar-refractivity contribution in [3.63, 3.8) is 0 Å². The lowest BCUT2D eigenvalue weighted by molar-refractivity contribution is 0.180. The van der Waals surface area contributed by atoms with Gasteiger partial charge in [0.2, 0.25) is 0 Å². The van der Waals surface area contributed by atoms with Crippen LogP contribution >= 0.6 is 11.3 Å². The molecule has 0 unspecified atom stereocenters. The summed E-state index contributed by atoms with van der Waals surface area (Å²) in [5.74, 6) is 1.72. The number of rotatable bonds is 6. The maximum absolute atomic E-state index is 9.14. The SMILES string of the molecule is CNc1nc(CN(CCO)C2CC2)nc2sccc12. The minimum atomic E-state index is 0.191. The average Bonchev–Trinajstić information content (AvgIpc) is 3.16. The van der Waals surface area contributed by atoms with Crippen molar-refractivity contribution < 1.29 is 5.11 Å². The van der Waals surface area contributed by atoms with E-state index in [1.165, 1.54) is 12.8 Å². The zero-order chi connectivity index (χ0) is 13.2. The lowest BCUT2D eigenvalue weighted by Crippen LogP contribution is -2.29. The molecule has 0 aliphatic heterocycles. The number of fused-ring (bicyclic) bond motifs is 1. The van der Waals surface area contributed by atoms with Gasteiger partial charge < -0.3 is 10.4 Å². The number of aliphatic hydroxyl groups is 1. The molecule has 5 nitrogen and oxygen atoms in total. The van der Waals surface area contributed by atoms with Crippen molar-refractivity contribution in [1.29, 1.82) is 0 Å². The first-order valence-electron chi connectivity index (χ1n) is 6.58. The molecule has 0 aromatic carbocycles. The molecule has 19 heavy (non-hydrogen) atoms. The monoisotopic (exact) mass is 278 g/mol. The molecule has 3 rings (SSSR count). The van der Waals surface area contributed by atoms with Gasteiger partial charge in [-0.2, -0.15) is 0 Å². The number of thiophene rings is 1. The molecule has 1 saturated carbocycles. The van der Waals surface area contributed by atoms with E-state index >= 15 is 0 Å². The average molecular weight is 278 g/mol. The molecule has 1 fully saturated rings. The van der Waals surface area contributed by atoms with E-state index in [1.807, 2.05) is 18.5 Å². The molecule has 102 valence electrons. The van der Waals surface area contributed by atoms with Gasteiger partial charge in [0, 0.05) is 19.6 Å². The van der Waals surface area contributed by atoms with E-state index in [4.69, 9.17) is 5.11 Å². The van der Waals surface area contributed by atoms with Crippen LogP contribution in [0.4, 0.5) is 5.82 Å². The standard InChI is InChI=1S/C13H18N4OS/c1-14-12-10-4-7-19-13(10)16-11(15-12)8-17(5-6-18)9-2-3-9/h4,7,9,18H,2-3,5-6,8H2,1H3,(H,14,15,16). The van der Waals surface area contributed by atoms with Gasteiger partial charge >= 0.3 is 0 Å². The highest BCUT2D eigenvalue weighted by atomic mass is 32.1. The number of hydrogen-bond donors (Lipinski definition) is 2. The van der Waals surface area contributed by atoms with E-state index in [0.717, 1.165) is 21.9 Å². The fraction of sp³-hybridized carbons (Fsp3) is 0.538. The number of hydrogen-bond acceptors (Lipinski definition) is 6. The van der Waals surface area contributed by atoms with Crippen molar-refractivity contribution in [1.82, 2.24) is 14.9 Å². The van der Waals surface area contributed by atoms with Crippen LogP contribution in [0.2, 0.25) is 0 Å². The molecule has 0 atom stereocenters. The summed E-state index contributed by atoms with van der Waals surface area (Å²) in [5.41, 5.74) is 0.